The maximum Gasteiger partial charge on any atom is 0.340 e. The summed E-state index contributed by atoms with van der Waals surface area (Å²) in [5, 5.41) is 2.72. The van der Waals surface area contributed by atoms with Crippen LogP contribution >= 0.6 is 15.9 Å². The Labute approximate surface area is 201 Å². The van der Waals surface area contributed by atoms with E-state index in [0.29, 0.717) is 33.8 Å². The van der Waals surface area contributed by atoms with Crippen LogP contribution in [-0.2, 0) is 16.1 Å². The molecule has 3 aromatic carbocycles. The highest BCUT2D eigenvalue weighted by molar-refractivity contribution is 9.10. The van der Waals surface area contributed by atoms with Gasteiger partial charge < -0.3 is 19.5 Å². The van der Waals surface area contributed by atoms with Crippen molar-refractivity contribution in [3.8, 4) is 11.5 Å². The number of hydrogen-bond donors (Lipinski definition) is 1. The maximum absolute atomic E-state index is 12.5. The van der Waals surface area contributed by atoms with Gasteiger partial charge in [0.2, 0.25) is 5.91 Å². The summed E-state index contributed by atoms with van der Waals surface area (Å²) in [6, 6.07) is 20.1. The predicted octanol–water partition coefficient (Wildman–Crippen LogP) is 5.87. The molecule has 1 N–H and O–H groups in total. The van der Waals surface area contributed by atoms with E-state index < -0.39 is 5.97 Å². The van der Waals surface area contributed by atoms with E-state index in [0.717, 1.165) is 11.1 Å². The molecule has 170 valence electrons. The van der Waals surface area contributed by atoms with Crippen LogP contribution in [0.2, 0.25) is 0 Å². The summed E-state index contributed by atoms with van der Waals surface area (Å²) in [6.45, 7) is 2.38. The lowest BCUT2D eigenvalue weighted by molar-refractivity contribution is -0.111. The molecule has 1 amide bonds. The van der Waals surface area contributed by atoms with E-state index in [2.05, 4.69) is 21.2 Å². The number of hydrogen-bond acceptors (Lipinski definition) is 5. The fourth-order valence-corrected chi connectivity index (χ4v) is 3.61. The topological polar surface area (TPSA) is 73.9 Å². The van der Waals surface area contributed by atoms with Crippen molar-refractivity contribution >= 4 is 39.6 Å². The molecule has 0 bridgehead atoms. The fraction of sp³-hybridized carbons (Fsp3) is 0.154. The van der Waals surface area contributed by atoms with Crippen LogP contribution in [0.3, 0.4) is 0 Å². The van der Waals surface area contributed by atoms with Gasteiger partial charge in [0.25, 0.3) is 0 Å². The molecule has 0 aliphatic rings. The van der Waals surface area contributed by atoms with Crippen molar-refractivity contribution in [2.45, 2.75) is 13.5 Å². The molecule has 3 aromatic rings. The zero-order chi connectivity index (χ0) is 23.6. The first-order valence-corrected chi connectivity index (χ1v) is 11.1. The molecule has 0 aliphatic carbocycles. The number of methoxy groups -OCH3 is 1. The van der Waals surface area contributed by atoms with Gasteiger partial charge in [0.15, 0.2) is 11.5 Å². The van der Waals surface area contributed by atoms with Crippen LogP contribution in [0.1, 0.15) is 28.4 Å². The summed E-state index contributed by atoms with van der Waals surface area (Å²) < 4.78 is 17.2. The molecule has 6 nitrogen and oxygen atoms in total. The van der Waals surface area contributed by atoms with Crippen molar-refractivity contribution in [3.63, 3.8) is 0 Å². The van der Waals surface area contributed by atoms with Crippen molar-refractivity contribution in [1.29, 1.82) is 0 Å². The van der Waals surface area contributed by atoms with E-state index in [1.165, 1.54) is 6.08 Å². The molecule has 0 atom stereocenters. The number of esters is 1. The van der Waals surface area contributed by atoms with Gasteiger partial charge in [0.05, 0.1) is 29.4 Å². The van der Waals surface area contributed by atoms with Gasteiger partial charge in [-0.1, -0.05) is 42.5 Å². The van der Waals surface area contributed by atoms with Crippen molar-refractivity contribution in [2.75, 3.05) is 19.0 Å². The first kappa shape index (κ1) is 24.1. The number of nitrogens with one attached hydrogen (secondary N) is 1. The number of amides is 1. The molecule has 3 rings (SSSR count). The first-order valence-electron chi connectivity index (χ1n) is 10.3. The van der Waals surface area contributed by atoms with Crippen LogP contribution in [0, 0.1) is 0 Å². The molecule has 0 heterocycles. The van der Waals surface area contributed by atoms with Crippen LogP contribution in [-0.4, -0.2) is 25.6 Å². The summed E-state index contributed by atoms with van der Waals surface area (Å²) in [7, 11) is 1.56. The average molecular weight is 510 g/mol. The van der Waals surface area contributed by atoms with Crippen LogP contribution in [0.15, 0.2) is 77.3 Å². The summed E-state index contributed by atoms with van der Waals surface area (Å²) in [4.78, 5) is 24.6. The Morgan fingerprint density at radius 2 is 1.76 bits per heavy atom. The lowest BCUT2D eigenvalue weighted by Crippen LogP contribution is -2.13. The van der Waals surface area contributed by atoms with Gasteiger partial charge in [0.1, 0.15) is 6.61 Å². The molecule has 0 unspecified atom stereocenters. The Balaban J connectivity index is 1.72. The van der Waals surface area contributed by atoms with Crippen molar-refractivity contribution < 1.29 is 23.8 Å². The predicted molar refractivity (Wildman–Crippen MR) is 132 cm³/mol. The van der Waals surface area contributed by atoms with E-state index in [1.54, 1.807) is 50.4 Å². The molecule has 7 heteroatoms. The molecule has 0 radical (unpaired) electrons. The molecular weight excluding hydrogens is 486 g/mol. The van der Waals surface area contributed by atoms with Crippen LogP contribution in [0.25, 0.3) is 6.08 Å². The van der Waals surface area contributed by atoms with Gasteiger partial charge in [-0.05, 0) is 64.3 Å². The monoisotopic (exact) mass is 509 g/mol. The van der Waals surface area contributed by atoms with Crippen molar-refractivity contribution in [2.24, 2.45) is 0 Å². The number of para-hydroxylation sites is 1. The molecule has 0 fully saturated rings. The number of anilines is 1. The van der Waals surface area contributed by atoms with Gasteiger partial charge in [-0.2, -0.15) is 0 Å². The third-order valence-corrected chi connectivity index (χ3v) is 5.17. The lowest BCUT2D eigenvalue weighted by atomic mass is 10.1. The Morgan fingerprint density at radius 3 is 2.48 bits per heavy atom. The van der Waals surface area contributed by atoms with Gasteiger partial charge in [-0.25, -0.2) is 4.79 Å². The summed E-state index contributed by atoms with van der Waals surface area (Å²) in [5.74, 6) is 0.239. The average Bonchev–Trinajstić information content (AvgIpc) is 2.83. The Kier molecular flexibility index (Phi) is 8.66. The third-order valence-electron chi connectivity index (χ3n) is 4.59. The Morgan fingerprint density at radius 1 is 1.03 bits per heavy atom. The van der Waals surface area contributed by atoms with Gasteiger partial charge in [-0.15, -0.1) is 0 Å². The highest BCUT2D eigenvalue weighted by Gasteiger charge is 2.14. The zero-order valence-corrected chi connectivity index (χ0v) is 19.9. The molecule has 0 spiro atoms. The molecular formula is C26H24BrNO5. The van der Waals surface area contributed by atoms with E-state index in [9.17, 15) is 9.59 Å². The lowest BCUT2D eigenvalue weighted by Gasteiger charge is -2.13. The molecule has 0 saturated carbocycles. The first-order chi connectivity index (χ1) is 16.0. The van der Waals surface area contributed by atoms with Gasteiger partial charge in [-0.3, -0.25) is 4.79 Å². The van der Waals surface area contributed by atoms with E-state index in [-0.39, 0.29) is 12.5 Å². The SMILES string of the molecule is CCOC(=O)c1ccccc1NC(=O)/C=C/c1cc(Br)c(OCc2ccccc2)c(OC)c1. The second kappa shape index (κ2) is 11.9. The molecule has 0 aliphatic heterocycles. The molecule has 0 aromatic heterocycles. The quantitative estimate of drug-likeness (QED) is 0.288. The van der Waals surface area contributed by atoms with E-state index >= 15 is 0 Å². The highest BCUT2D eigenvalue weighted by Crippen LogP contribution is 2.37. The third kappa shape index (κ3) is 6.70. The normalized spacial score (nSPS) is 10.6. The summed E-state index contributed by atoms with van der Waals surface area (Å²) in [6.07, 6.45) is 3.03. The van der Waals surface area contributed by atoms with Crippen LogP contribution in [0.5, 0.6) is 11.5 Å². The molecule has 0 saturated heterocycles. The van der Waals surface area contributed by atoms with Crippen LogP contribution in [0.4, 0.5) is 5.69 Å². The van der Waals surface area contributed by atoms with Crippen molar-refractivity contribution in [1.82, 2.24) is 0 Å². The van der Waals surface area contributed by atoms with E-state index in [4.69, 9.17) is 14.2 Å². The highest BCUT2D eigenvalue weighted by atomic mass is 79.9. The Bertz CT molecular complexity index is 1140. The van der Waals surface area contributed by atoms with Crippen LogP contribution < -0.4 is 14.8 Å². The fourth-order valence-electron chi connectivity index (χ4n) is 3.03. The number of benzene rings is 3. The number of carbonyl (C=O) groups excluding carboxylic acids is 2. The minimum absolute atomic E-state index is 0.253. The second-order valence-electron chi connectivity index (χ2n) is 6.90. The maximum atomic E-state index is 12.5. The minimum Gasteiger partial charge on any atom is -0.493 e. The Hall–Kier alpha value is -3.58. The summed E-state index contributed by atoms with van der Waals surface area (Å²) >= 11 is 3.52. The second-order valence-corrected chi connectivity index (χ2v) is 7.75. The van der Waals surface area contributed by atoms with Gasteiger partial charge in [0, 0.05) is 6.08 Å². The van der Waals surface area contributed by atoms with Gasteiger partial charge >= 0.3 is 5.97 Å². The number of halogens is 1. The molecule has 33 heavy (non-hydrogen) atoms. The standard InChI is InChI=1S/C26H24BrNO5/c1-3-32-26(30)20-11-7-8-12-22(20)28-24(29)14-13-19-15-21(27)25(23(16-19)31-2)33-17-18-9-5-4-6-10-18/h4-16H,3,17H2,1-2H3,(H,28,29)/b14-13+. The zero-order valence-electron chi connectivity index (χ0n) is 18.3. The number of ether oxygens (including phenoxy) is 3. The smallest absolute Gasteiger partial charge is 0.340 e. The largest absolute Gasteiger partial charge is 0.493 e. The van der Waals surface area contributed by atoms with Crippen molar-refractivity contribution in [3.05, 3.63) is 94.0 Å². The summed E-state index contributed by atoms with van der Waals surface area (Å²) in [5.41, 5.74) is 2.45. The number of rotatable bonds is 9. The number of carbonyl (C=O) groups is 2. The van der Waals surface area contributed by atoms with E-state index in [1.807, 2.05) is 36.4 Å². The minimum atomic E-state index is -0.489.